The number of benzene rings is 2. The molecular formula is C27H35N3S2. The van der Waals surface area contributed by atoms with E-state index in [0.29, 0.717) is 6.04 Å². The van der Waals surface area contributed by atoms with Crippen molar-refractivity contribution in [3.8, 4) is 0 Å². The molecule has 0 radical (unpaired) electrons. The molecule has 4 rings (SSSR count). The highest BCUT2D eigenvalue weighted by molar-refractivity contribution is 8.14. The average molecular weight is 466 g/mol. The third kappa shape index (κ3) is 6.82. The van der Waals surface area contributed by atoms with Crippen LogP contribution in [0, 0.1) is 12.8 Å². The highest BCUT2D eigenvalue weighted by atomic mass is 32.2. The Labute approximate surface area is 202 Å². The summed E-state index contributed by atoms with van der Waals surface area (Å²) in [7, 11) is 0. The summed E-state index contributed by atoms with van der Waals surface area (Å²) < 4.78 is 0. The van der Waals surface area contributed by atoms with E-state index < -0.39 is 0 Å². The Morgan fingerprint density at radius 3 is 2.62 bits per heavy atom. The smallest absolute Gasteiger partial charge is 0.161 e. The van der Waals surface area contributed by atoms with E-state index in [9.17, 15) is 0 Å². The molecule has 2 N–H and O–H groups in total. The zero-order valence-electron chi connectivity index (χ0n) is 19.1. The van der Waals surface area contributed by atoms with Gasteiger partial charge in [-0.25, -0.2) is 0 Å². The van der Waals surface area contributed by atoms with Crippen LogP contribution in [0.4, 0.5) is 5.69 Å². The molecule has 2 aromatic carbocycles. The highest BCUT2D eigenvalue weighted by Gasteiger charge is 2.26. The molecule has 2 aliphatic rings. The van der Waals surface area contributed by atoms with Crippen molar-refractivity contribution < 1.29 is 0 Å². The largest absolute Gasteiger partial charge is 0.380 e. The molecule has 2 aromatic rings. The van der Waals surface area contributed by atoms with Crippen molar-refractivity contribution in [2.45, 2.75) is 62.8 Å². The van der Waals surface area contributed by atoms with Crippen molar-refractivity contribution in [3.63, 3.8) is 0 Å². The number of amidine groups is 1. The fraction of sp³-hybridized carbons (Fsp3) is 0.444. The van der Waals surface area contributed by atoms with Crippen LogP contribution < -0.4 is 10.6 Å². The summed E-state index contributed by atoms with van der Waals surface area (Å²) in [5.41, 5.74) is 3.75. The van der Waals surface area contributed by atoms with Gasteiger partial charge in [0.1, 0.15) is 0 Å². The van der Waals surface area contributed by atoms with Gasteiger partial charge < -0.3 is 10.6 Å². The molecule has 1 fully saturated rings. The van der Waals surface area contributed by atoms with Gasteiger partial charge in [0, 0.05) is 22.9 Å². The number of nitrogens with zero attached hydrogens (tertiary/aromatic N) is 1. The van der Waals surface area contributed by atoms with E-state index in [1.807, 2.05) is 11.8 Å². The van der Waals surface area contributed by atoms with Gasteiger partial charge in [-0.05, 0) is 67.9 Å². The number of nitrogens with one attached hydrogen (secondary N) is 2. The van der Waals surface area contributed by atoms with Crippen LogP contribution in [-0.2, 0) is 6.42 Å². The molecule has 1 saturated carbocycles. The fourth-order valence-electron chi connectivity index (χ4n) is 4.52. The van der Waals surface area contributed by atoms with Crippen LogP contribution in [0.1, 0.15) is 49.7 Å². The quantitative estimate of drug-likeness (QED) is 0.403. The van der Waals surface area contributed by atoms with Gasteiger partial charge in [0.2, 0.25) is 0 Å². The first-order valence-electron chi connectivity index (χ1n) is 11.9. The van der Waals surface area contributed by atoms with Crippen LogP contribution in [0.5, 0.6) is 0 Å². The molecule has 0 bridgehead atoms. The maximum Gasteiger partial charge on any atom is 0.161 e. The van der Waals surface area contributed by atoms with Crippen molar-refractivity contribution in [1.82, 2.24) is 5.32 Å². The summed E-state index contributed by atoms with van der Waals surface area (Å²) in [5, 5.41) is 9.12. The van der Waals surface area contributed by atoms with E-state index in [1.54, 1.807) is 11.8 Å². The standard InChI is InChI=1S/C27H35N3S2/c1-20-8-6-7-11-26(20)32-21(2)28-18-16-22-12-14-24(15-13-22)29-27-30-25(17-19-31-27)23-9-4-3-5-10-23/h6-8,11-15,23,25,28H,2-5,9-10,16-19H2,1H3,(H,29,30). The number of anilines is 1. The molecule has 1 atom stereocenters. The van der Waals surface area contributed by atoms with Gasteiger partial charge in [-0.1, -0.05) is 79.7 Å². The lowest BCUT2D eigenvalue weighted by Gasteiger charge is -2.30. The lowest BCUT2D eigenvalue weighted by molar-refractivity contribution is 0.302. The van der Waals surface area contributed by atoms with Crippen molar-refractivity contribution in [2.75, 3.05) is 17.6 Å². The van der Waals surface area contributed by atoms with E-state index >= 15 is 0 Å². The lowest BCUT2D eigenvalue weighted by atomic mass is 9.83. The Balaban J connectivity index is 1.23. The number of aryl methyl sites for hydroxylation is 1. The topological polar surface area (TPSA) is 36.4 Å². The number of hydrogen-bond acceptors (Lipinski definition) is 5. The molecule has 1 unspecified atom stereocenters. The minimum absolute atomic E-state index is 0.523. The summed E-state index contributed by atoms with van der Waals surface area (Å²) in [4.78, 5) is 6.34. The molecule has 3 nitrogen and oxygen atoms in total. The first-order valence-corrected chi connectivity index (χ1v) is 13.7. The van der Waals surface area contributed by atoms with Crippen LogP contribution in [0.2, 0.25) is 0 Å². The van der Waals surface area contributed by atoms with E-state index in [2.05, 4.69) is 72.7 Å². The second-order valence-electron chi connectivity index (χ2n) is 8.83. The molecule has 0 saturated heterocycles. The molecular weight excluding hydrogens is 430 g/mol. The fourth-order valence-corrected chi connectivity index (χ4v) is 6.29. The summed E-state index contributed by atoms with van der Waals surface area (Å²) in [6, 6.07) is 17.7. The Bertz CT molecular complexity index is 917. The van der Waals surface area contributed by atoms with Crippen molar-refractivity contribution in [3.05, 3.63) is 71.3 Å². The van der Waals surface area contributed by atoms with Crippen molar-refractivity contribution in [2.24, 2.45) is 10.9 Å². The molecule has 1 aliphatic heterocycles. The van der Waals surface area contributed by atoms with Gasteiger partial charge in [-0.2, -0.15) is 0 Å². The zero-order valence-corrected chi connectivity index (χ0v) is 20.7. The van der Waals surface area contributed by atoms with Gasteiger partial charge >= 0.3 is 0 Å². The molecule has 170 valence electrons. The number of rotatable bonds is 8. The maximum atomic E-state index is 5.08. The molecule has 32 heavy (non-hydrogen) atoms. The van der Waals surface area contributed by atoms with Gasteiger partial charge in [0.15, 0.2) is 5.17 Å². The Hall–Kier alpha value is -1.85. The highest BCUT2D eigenvalue weighted by Crippen LogP contribution is 2.33. The zero-order chi connectivity index (χ0) is 22.2. The SMILES string of the molecule is C=C(NCCc1ccc(NC2=NC(C3CCCCC3)CCS2)cc1)Sc1ccccc1C. The van der Waals surface area contributed by atoms with Gasteiger partial charge in [0.05, 0.1) is 11.1 Å². The Kier molecular flexibility index (Phi) is 8.63. The first kappa shape index (κ1) is 23.3. The summed E-state index contributed by atoms with van der Waals surface area (Å²) >= 11 is 3.57. The Morgan fingerprint density at radius 2 is 1.84 bits per heavy atom. The van der Waals surface area contributed by atoms with Crippen LogP contribution in [-0.4, -0.2) is 23.5 Å². The summed E-state index contributed by atoms with van der Waals surface area (Å²) in [6.07, 6.45) is 9.14. The normalized spacial score (nSPS) is 19.3. The molecule has 0 amide bonds. The van der Waals surface area contributed by atoms with Crippen LogP contribution in [0.15, 0.2) is 70.0 Å². The second kappa shape index (κ2) is 11.9. The third-order valence-electron chi connectivity index (χ3n) is 6.40. The molecule has 0 spiro atoms. The molecule has 0 aromatic heterocycles. The number of hydrogen-bond donors (Lipinski definition) is 2. The first-order chi connectivity index (χ1) is 15.7. The number of thioether (sulfide) groups is 2. The predicted molar refractivity (Wildman–Crippen MR) is 143 cm³/mol. The van der Waals surface area contributed by atoms with Gasteiger partial charge in [-0.3, -0.25) is 4.99 Å². The van der Waals surface area contributed by atoms with E-state index in [4.69, 9.17) is 4.99 Å². The molecule has 1 aliphatic carbocycles. The minimum atomic E-state index is 0.523. The van der Waals surface area contributed by atoms with Gasteiger partial charge in [-0.15, -0.1) is 0 Å². The second-order valence-corrected chi connectivity index (χ2v) is 11.0. The van der Waals surface area contributed by atoms with E-state index in [1.165, 1.54) is 60.3 Å². The summed E-state index contributed by atoms with van der Waals surface area (Å²) in [6.45, 7) is 7.19. The van der Waals surface area contributed by atoms with Crippen LogP contribution >= 0.6 is 23.5 Å². The van der Waals surface area contributed by atoms with Crippen molar-refractivity contribution in [1.29, 1.82) is 0 Å². The Morgan fingerprint density at radius 1 is 1.06 bits per heavy atom. The molecule has 5 heteroatoms. The minimum Gasteiger partial charge on any atom is -0.380 e. The predicted octanol–water partition coefficient (Wildman–Crippen LogP) is 7.24. The summed E-state index contributed by atoms with van der Waals surface area (Å²) in [5.74, 6) is 1.98. The maximum absolute atomic E-state index is 5.08. The average Bonchev–Trinajstić information content (AvgIpc) is 2.82. The van der Waals surface area contributed by atoms with Gasteiger partial charge in [0.25, 0.3) is 0 Å². The van der Waals surface area contributed by atoms with Crippen LogP contribution in [0.3, 0.4) is 0 Å². The van der Waals surface area contributed by atoms with Crippen LogP contribution in [0.25, 0.3) is 0 Å². The number of aliphatic imine (C=N–C) groups is 1. The lowest BCUT2D eigenvalue weighted by Crippen LogP contribution is -2.28. The molecule has 1 heterocycles. The van der Waals surface area contributed by atoms with E-state index in [0.717, 1.165) is 34.8 Å². The van der Waals surface area contributed by atoms with E-state index in [-0.39, 0.29) is 0 Å². The van der Waals surface area contributed by atoms with Crippen molar-refractivity contribution >= 4 is 34.4 Å². The third-order valence-corrected chi connectivity index (χ3v) is 8.39. The monoisotopic (exact) mass is 465 g/mol.